The van der Waals surface area contributed by atoms with Gasteiger partial charge in [0, 0.05) is 18.0 Å². The van der Waals surface area contributed by atoms with E-state index in [9.17, 15) is 0 Å². The molecule has 4 nitrogen and oxygen atoms in total. The van der Waals surface area contributed by atoms with E-state index in [1.165, 1.54) is 0 Å². The topological polar surface area (TPSA) is 51.0 Å². The van der Waals surface area contributed by atoms with Gasteiger partial charge in [0.25, 0.3) is 0 Å². The van der Waals surface area contributed by atoms with E-state index in [4.69, 9.17) is 4.42 Å². The molecule has 0 aliphatic rings. The Morgan fingerprint density at radius 2 is 1.95 bits per heavy atom. The number of hydrogen-bond acceptors (Lipinski definition) is 4. The number of nitrogens with one attached hydrogen (secondary N) is 1. The first-order valence-corrected chi connectivity index (χ1v) is 6.72. The van der Waals surface area contributed by atoms with Crippen LogP contribution in [-0.4, -0.2) is 17.0 Å². The smallest absolute Gasteiger partial charge is 0.154 e. The fourth-order valence-corrected chi connectivity index (χ4v) is 2.44. The van der Waals surface area contributed by atoms with Gasteiger partial charge in [-0.1, -0.05) is 32.0 Å². The minimum absolute atomic E-state index is 0.307. The van der Waals surface area contributed by atoms with Crippen molar-refractivity contribution in [3.05, 3.63) is 42.2 Å². The lowest BCUT2D eigenvalue weighted by Crippen LogP contribution is -2.04. The lowest BCUT2D eigenvalue weighted by atomic mass is 10.0. The Morgan fingerprint density at radius 1 is 1.15 bits per heavy atom. The molecule has 0 atom stereocenters. The van der Waals surface area contributed by atoms with Gasteiger partial charge in [0.2, 0.25) is 0 Å². The summed E-state index contributed by atoms with van der Waals surface area (Å²) in [5.41, 5.74) is 2.81. The number of para-hydroxylation sites is 1. The lowest BCUT2D eigenvalue weighted by Gasteiger charge is -2.13. The highest BCUT2D eigenvalue weighted by molar-refractivity contribution is 5.83. The largest absolute Gasteiger partial charge is 0.454 e. The van der Waals surface area contributed by atoms with Gasteiger partial charge >= 0.3 is 0 Å². The molecule has 20 heavy (non-hydrogen) atoms. The van der Waals surface area contributed by atoms with E-state index in [1.54, 1.807) is 6.33 Å². The average molecular weight is 267 g/mol. The third-order valence-electron chi connectivity index (χ3n) is 3.36. The number of benzene rings is 1. The van der Waals surface area contributed by atoms with Gasteiger partial charge in [-0.3, -0.25) is 0 Å². The van der Waals surface area contributed by atoms with Crippen LogP contribution in [0.5, 0.6) is 0 Å². The van der Waals surface area contributed by atoms with E-state index in [2.05, 4.69) is 29.1 Å². The molecule has 0 radical (unpaired) electrons. The Hall–Kier alpha value is -2.36. The second-order valence-electron chi connectivity index (χ2n) is 5.04. The number of furan rings is 1. The number of fused-ring (bicyclic) bond motifs is 1. The van der Waals surface area contributed by atoms with Crippen molar-refractivity contribution < 1.29 is 4.42 Å². The molecule has 0 aliphatic carbocycles. The molecule has 0 bridgehead atoms. The molecule has 0 saturated carbocycles. The molecule has 0 aliphatic heterocycles. The number of nitrogens with zero attached hydrogens (tertiary/aromatic N) is 2. The third kappa shape index (κ3) is 2.03. The van der Waals surface area contributed by atoms with Crippen molar-refractivity contribution in [1.29, 1.82) is 0 Å². The van der Waals surface area contributed by atoms with Gasteiger partial charge in [-0.05, 0) is 18.1 Å². The van der Waals surface area contributed by atoms with Crippen LogP contribution in [0, 0.1) is 0 Å². The lowest BCUT2D eigenvalue weighted by molar-refractivity contribution is 0.625. The van der Waals surface area contributed by atoms with Gasteiger partial charge in [0.05, 0.1) is 0 Å². The summed E-state index contributed by atoms with van der Waals surface area (Å²) in [5, 5.41) is 4.21. The average Bonchev–Trinajstić information content (AvgIpc) is 2.90. The summed E-state index contributed by atoms with van der Waals surface area (Å²) in [6, 6.07) is 10.0. The van der Waals surface area contributed by atoms with Gasteiger partial charge in [-0.25, -0.2) is 9.97 Å². The SMILES string of the molecule is CNc1ncnc(-c2cc3ccccc3o2)c1C(C)C. The minimum atomic E-state index is 0.307. The Balaban J connectivity index is 2.23. The summed E-state index contributed by atoms with van der Waals surface area (Å²) < 4.78 is 5.93. The molecule has 1 aromatic carbocycles. The van der Waals surface area contributed by atoms with Crippen molar-refractivity contribution in [3.8, 4) is 11.5 Å². The van der Waals surface area contributed by atoms with E-state index in [0.29, 0.717) is 5.92 Å². The van der Waals surface area contributed by atoms with E-state index in [1.807, 2.05) is 37.4 Å². The normalized spacial score (nSPS) is 11.2. The van der Waals surface area contributed by atoms with Gasteiger partial charge in [-0.15, -0.1) is 0 Å². The summed E-state index contributed by atoms with van der Waals surface area (Å²) in [4.78, 5) is 8.72. The summed E-state index contributed by atoms with van der Waals surface area (Å²) >= 11 is 0. The van der Waals surface area contributed by atoms with Crippen molar-refractivity contribution in [2.75, 3.05) is 12.4 Å². The van der Waals surface area contributed by atoms with Crippen molar-refractivity contribution in [2.45, 2.75) is 19.8 Å². The molecular formula is C16H17N3O. The van der Waals surface area contributed by atoms with Crippen molar-refractivity contribution >= 4 is 16.8 Å². The first kappa shape index (κ1) is 12.7. The van der Waals surface area contributed by atoms with Crippen molar-refractivity contribution in [3.63, 3.8) is 0 Å². The van der Waals surface area contributed by atoms with E-state index in [0.717, 1.165) is 33.8 Å². The highest BCUT2D eigenvalue weighted by atomic mass is 16.3. The number of anilines is 1. The van der Waals surface area contributed by atoms with Crippen LogP contribution in [0.1, 0.15) is 25.3 Å². The summed E-state index contributed by atoms with van der Waals surface area (Å²) in [6.07, 6.45) is 1.57. The maximum atomic E-state index is 5.93. The van der Waals surface area contributed by atoms with Crippen LogP contribution in [0.2, 0.25) is 0 Å². The molecule has 1 N–H and O–H groups in total. The van der Waals surface area contributed by atoms with Crippen molar-refractivity contribution in [2.24, 2.45) is 0 Å². The predicted molar refractivity (Wildman–Crippen MR) is 80.9 cm³/mol. The molecule has 3 rings (SSSR count). The molecule has 4 heteroatoms. The number of aromatic nitrogens is 2. The second-order valence-corrected chi connectivity index (χ2v) is 5.04. The molecular weight excluding hydrogens is 250 g/mol. The highest BCUT2D eigenvalue weighted by Crippen LogP contribution is 2.34. The minimum Gasteiger partial charge on any atom is -0.454 e. The quantitative estimate of drug-likeness (QED) is 0.777. The molecule has 0 spiro atoms. The zero-order chi connectivity index (χ0) is 14.1. The third-order valence-corrected chi connectivity index (χ3v) is 3.36. The first-order chi connectivity index (χ1) is 9.70. The van der Waals surface area contributed by atoms with Crippen LogP contribution in [0.3, 0.4) is 0 Å². The highest BCUT2D eigenvalue weighted by Gasteiger charge is 2.18. The van der Waals surface area contributed by atoms with Gasteiger partial charge in [-0.2, -0.15) is 0 Å². The van der Waals surface area contributed by atoms with Gasteiger partial charge in [0.1, 0.15) is 23.4 Å². The molecule has 2 heterocycles. The maximum absolute atomic E-state index is 5.93. The van der Waals surface area contributed by atoms with Crippen LogP contribution in [0.15, 0.2) is 41.1 Å². The zero-order valence-corrected chi connectivity index (χ0v) is 11.8. The molecule has 0 fully saturated rings. The summed E-state index contributed by atoms with van der Waals surface area (Å²) in [6.45, 7) is 4.26. The second kappa shape index (κ2) is 4.96. The van der Waals surface area contributed by atoms with E-state index in [-0.39, 0.29) is 0 Å². The number of hydrogen-bond donors (Lipinski definition) is 1. The molecule has 0 amide bonds. The molecule has 102 valence electrons. The van der Waals surface area contributed by atoms with Crippen LogP contribution >= 0.6 is 0 Å². The van der Waals surface area contributed by atoms with Crippen LogP contribution in [0.25, 0.3) is 22.4 Å². The molecule has 0 saturated heterocycles. The molecule has 3 aromatic rings. The summed E-state index contributed by atoms with van der Waals surface area (Å²) in [7, 11) is 1.87. The van der Waals surface area contributed by atoms with Gasteiger partial charge < -0.3 is 9.73 Å². The fraction of sp³-hybridized carbons (Fsp3) is 0.250. The molecule has 0 unspecified atom stereocenters. The Kier molecular flexibility index (Phi) is 3.14. The van der Waals surface area contributed by atoms with Gasteiger partial charge in [0.15, 0.2) is 5.76 Å². The Bertz CT molecular complexity index is 713. The zero-order valence-electron chi connectivity index (χ0n) is 11.8. The standard InChI is InChI=1S/C16H17N3O/c1-10(2)14-15(18-9-19-16(14)17-3)13-8-11-6-4-5-7-12(11)20-13/h4-10H,1-3H3,(H,17,18,19). The Morgan fingerprint density at radius 3 is 2.65 bits per heavy atom. The van der Waals surface area contributed by atoms with Crippen LogP contribution < -0.4 is 5.32 Å². The predicted octanol–water partition coefficient (Wildman–Crippen LogP) is 4.05. The monoisotopic (exact) mass is 267 g/mol. The molecule has 2 aromatic heterocycles. The van der Waals surface area contributed by atoms with E-state index >= 15 is 0 Å². The van der Waals surface area contributed by atoms with E-state index < -0.39 is 0 Å². The number of rotatable bonds is 3. The fourth-order valence-electron chi connectivity index (χ4n) is 2.44. The van der Waals surface area contributed by atoms with Crippen LogP contribution in [-0.2, 0) is 0 Å². The maximum Gasteiger partial charge on any atom is 0.154 e. The summed E-state index contributed by atoms with van der Waals surface area (Å²) in [5.74, 6) is 1.95. The first-order valence-electron chi connectivity index (χ1n) is 6.72. The van der Waals surface area contributed by atoms with Crippen molar-refractivity contribution in [1.82, 2.24) is 9.97 Å². The van der Waals surface area contributed by atoms with Crippen LogP contribution in [0.4, 0.5) is 5.82 Å². The Labute approximate surface area is 117 Å².